The molecule has 0 saturated carbocycles. The van der Waals surface area contributed by atoms with Crippen LogP contribution in [0.25, 0.3) is 11.1 Å². The Morgan fingerprint density at radius 2 is 2.26 bits per heavy atom. The van der Waals surface area contributed by atoms with Crippen LogP contribution in [0.3, 0.4) is 0 Å². The third-order valence-electron chi connectivity index (χ3n) is 2.80. The Morgan fingerprint density at radius 3 is 2.95 bits per heavy atom. The lowest BCUT2D eigenvalue weighted by Crippen LogP contribution is -2.12. The molecule has 0 saturated heterocycles. The molecule has 2 N–H and O–H groups in total. The standard InChI is InChI=1S/C13H15N3O2S/c1-13(2,8-14)5-6-19(17)12-16-10-7-9(15)3-4-11(10)18-12/h3-4,7H,5-6,15H2,1-2H3. The first-order valence-electron chi connectivity index (χ1n) is 5.87. The summed E-state index contributed by atoms with van der Waals surface area (Å²) in [4.78, 5) is 4.17. The predicted molar refractivity (Wildman–Crippen MR) is 73.7 cm³/mol. The molecule has 19 heavy (non-hydrogen) atoms. The summed E-state index contributed by atoms with van der Waals surface area (Å²) in [5.74, 6) is 0.350. The monoisotopic (exact) mass is 277 g/mol. The minimum absolute atomic E-state index is 0.189. The molecule has 0 spiro atoms. The van der Waals surface area contributed by atoms with Gasteiger partial charge in [0.05, 0.1) is 11.5 Å². The summed E-state index contributed by atoms with van der Waals surface area (Å²) in [7, 11) is -1.34. The number of fused-ring (bicyclic) bond motifs is 1. The Bertz CT molecular complexity index is 670. The number of hydrogen-bond donors (Lipinski definition) is 1. The van der Waals surface area contributed by atoms with Crippen LogP contribution in [0.5, 0.6) is 0 Å². The summed E-state index contributed by atoms with van der Waals surface area (Å²) in [6.45, 7) is 3.63. The van der Waals surface area contributed by atoms with Crippen molar-refractivity contribution in [1.82, 2.24) is 4.98 Å². The zero-order valence-corrected chi connectivity index (χ0v) is 11.7. The van der Waals surface area contributed by atoms with E-state index in [1.54, 1.807) is 18.2 Å². The van der Waals surface area contributed by atoms with E-state index in [-0.39, 0.29) is 5.22 Å². The second-order valence-electron chi connectivity index (χ2n) is 5.00. The molecule has 1 aromatic heterocycles. The zero-order valence-electron chi connectivity index (χ0n) is 10.8. The molecule has 0 aliphatic heterocycles. The number of anilines is 1. The van der Waals surface area contributed by atoms with Crippen LogP contribution >= 0.6 is 0 Å². The highest BCUT2D eigenvalue weighted by molar-refractivity contribution is 7.84. The first kappa shape index (κ1) is 13.6. The maximum atomic E-state index is 12.1. The van der Waals surface area contributed by atoms with Crippen LogP contribution in [-0.4, -0.2) is 14.9 Å². The average molecular weight is 277 g/mol. The highest BCUT2D eigenvalue weighted by Gasteiger charge is 2.20. The van der Waals surface area contributed by atoms with E-state index in [1.165, 1.54) is 0 Å². The van der Waals surface area contributed by atoms with Gasteiger partial charge in [0, 0.05) is 11.4 Å². The van der Waals surface area contributed by atoms with Crippen molar-refractivity contribution >= 4 is 27.6 Å². The van der Waals surface area contributed by atoms with E-state index in [2.05, 4.69) is 11.1 Å². The first-order valence-corrected chi connectivity index (χ1v) is 7.19. The minimum Gasteiger partial charge on any atom is -0.430 e. The van der Waals surface area contributed by atoms with Crippen molar-refractivity contribution in [2.24, 2.45) is 5.41 Å². The Kier molecular flexibility index (Phi) is 3.58. The van der Waals surface area contributed by atoms with Crippen LogP contribution in [-0.2, 0) is 10.8 Å². The fraction of sp³-hybridized carbons (Fsp3) is 0.385. The maximum absolute atomic E-state index is 12.1. The molecule has 0 bridgehead atoms. The van der Waals surface area contributed by atoms with E-state index in [0.29, 0.717) is 29.0 Å². The van der Waals surface area contributed by atoms with Crippen LogP contribution in [0.15, 0.2) is 27.8 Å². The molecule has 0 fully saturated rings. The fourth-order valence-electron chi connectivity index (χ4n) is 1.51. The van der Waals surface area contributed by atoms with Gasteiger partial charge in [0.1, 0.15) is 16.3 Å². The Balaban J connectivity index is 2.16. The van der Waals surface area contributed by atoms with Gasteiger partial charge in [-0.1, -0.05) is 0 Å². The van der Waals surface area contributed by atoms with Crippen LogP contribution in [0.2, 0.25) is 0 Å². The van der Waals surface area contributed by atoms with Crippen molar-refractivity contribution in [2.45, 2.75) is 25.5 Å². The van der Waals surface area contributed by atoms with Crippen LogP contribution in [0.4, 0.5) is 5.69 Å². The normalized spacial score (nSPS) is 13.3. The van der Waals surface area contributed by atoms with Gasteiger partial charge in [0.2, 0.25) is 0 Å². The van der Waals surface area contributed by atoms with E-state index < -0.39 is 16.2 Å². The molecule has 0 aliphatic rings. The molecule has 2 aromatic rings. The van der Waals surface area contributed by atoms with Gasteiger partial charge in [-0.15, -0.1) is 0 Å². The number of nitrogen functional groups attached to an aromatic ring is 1. The second kappa shape index (κ2) is 5.02. The van der Waals surface area contributed by atoms with Crippen molar-refractivity contribution in [3.63, 3.8) is 0 Å². The molecule has 0 radical (unpaired) electrons. The highest BCUT2D eigenvalue weighted by Crippen LogP contribution is 2.23. The minimum atomic E-state index is -1.34. The first-order chi connectivity index (χ1) is 8.91. The Hall–Kier alpha value is -1.87. The molecule has 100 valence electrons. The van der Waals surface area contributed by atoms with Crippen molar-refractivity contribution in [1.29, 1.82) is 5.26 Å². The van der Waals surface area contributed by atoms with Crippen LogP contribution < -0.4 is 5.73 Å². The Labute approximate surface area is 113 Å². The summed E-state index contributed by atoms with van der Waals surface area (Å²) < 4.78 is 17.5. The van der Waals surface area contributed by atoms with E-state index in [0.717, 1.165) is 0 Å². The number of rotatable bonds is 4. The van der Waals surface area contributed by atoms with Gasteiger partial charge in [-0.05, 0) is 38.5 Å². The maximum Gasteiger partial charge on any atom is 0.287 e. The molecule has 1 aromatic carbocycles. The summed E-state index contributed by atoms with van der Waals surface area (Å²) in [5, 5.41) is 9.11. The predicted octanol–water partition coefficient (Wildman–Crippen LogP) is 2.46. The zero-order chi connectivity index (χ0) is 14.0. The van der Waals surface area contributed by atoms with Crippen molar-refractivity contribution < 1.29 is 8.63 Å². The molecule has 2 rings (SSSR count). The lowest BCUT2D eigenvalue weighted by Gasteiger charge is -2.12. The SMILES string of the molecule is CC(C)(C#N)CCS(=O)c1nc2cc(N)ccc2o1. The molecule has 0 amide bonds. The summed E-state index contributed by atoms with van der Waals surface area (Å²) in [6.07, 6.45) is 0.525. The third-order valence-corrected chi connectivity index (χ3v) is 3.94. The molecule has 1 unspecified atom stereocenters. The number of oxazole rings is 1. The highest BCUT2D eigenvalue weighted by atomic mass is 32.2. The number of nitriles is 1. The smallest absolute Gasteiger partial charge is 0.287 e. The van der Waals surface area contributed by atoms with Gasteiger partial charge in [-0.2, -0.15) is 5.26 Å². The summed E-state index contributed by atoms with van der Waals surface area (Å²) in [5.41, 5.74) is 6.91. The molecular formula is C13H15N3O2S. The second-order valence-corrected chi connectivity index (χ2v) is 6.45. The van der Waals surface area contributed by atoms with E-state index in [1.807, 2.05) is 13.8 Å². The molecular weight excluding hydrogens is 262 g/mol. The van der Waals surface area contributed by atoms with Crippen LogP contribution in [0.1, 0.15) is 20.3 Å². The van der Waals surface area contributed by atoms with Crippen LogP contribution in [0, 0.1) is 16.7 Å². The molecule has 0 aliphatic carbocycles. The average Bonchev–Trinajstić information content (AvgIpc) is 2.79. The van der Waals surface area contributed by atoms with Gasteiger partial charge in [0.15, 0.2) is 5.58 Å². The number of hydrogen-bond acceptors (Lipinski definition) is 5. The molecule has 5 nitrogen and oxygen atoms in total. The van der Waals surface area contributed by atoms with Crippen molar-refractivity contribution in [2.75, 3.05) is 11.5 Å². The largest absolute Gasteiger partial charge is 0.430 e. The van der Waals surface area contributed by atoms with E-state index >= 15 is 0 Å². The Morgan fingerprint density at radius 1 is 1.53 bits per heavy atom. The number of aromatic nitrogens is 1. The van der Waals surface area contributed by atoms with E-state index in [9.17, 15) is 4.21 Å². The van der Waals surface area contributed by atoms with Gasteiger partial charge in [0.25, 0.3) is 5.22 Å². The topological polar surface area (TPSA) is 92.9 Å². The number of nitrogens with zero attached hydrogens (tertiary/aromatic N) is 2. The lowest BCUT2D eigenvalue weighted by atomic mass is 9.93. The fourth-order valence-corrected chi connectivity index (χ4v) is 2.76. The van der Waals surface area contributed by atoms with Gasteiger partial charge in [-0.25, -0.2) is 9.19 Å². The number of nitrogens with two attached hydrogens (primary N) is 1. The van der Waals surface area contributed by atoms with Gasteiger partial charge >= 0.3 is 0 Å². The van der Waals surface area contributed by atoms with Crippen molar-refractivity contribution in [3.8, 4) is 6.07 Å². The lowest BCUT2D eigenvalue weighted by molar-refractivity contribution is 0.462. The van der Waals surface area contributed by atoms with Gasteiger partial charge in [-0.3, -0.25) is 0 Å². The molecule has 6 heteroatoms. The van der Waals surface area contributed by atoms with Crippen molar-refractivity contribution in [3.05, 3.63) is 18.2 Å². The molecule has 1 heterocycles. The van der Waals surface area contributed by atoms with Gasteiger partial charge < -0.3 is 10.2 Å². The summed E-state index contributed by atoms with van der Waals surface area (Å²) in [6, 6.07) is 7.27. The molecule has 1 atom stereocenters. The van der Waals surface area contributed by atoms with E-state index in [4.69, 9.17) is 15.4 Å². The third kappa shape index (κ3) is 3.12. The summed E-state index contributed by atoms with van der Waals surface area (Å²) >= 11 is 0. The number of benzene rings is 1. The quantitative estimate of drug-likeness (QED) is 0.866.